The van der Waals surface area contributed by atoms with Crippen LogP contribution in [0.1, 0.15) is 0 Å². The molecule has 0 heterocycles. The Morgan fingerprint density at radius 1 is 1.14 bits per heavy atom. The van der Waals surface area contributed by atoms with Gasteiger partial charge in [0.15, 0.2) is 0 Å². The predicted molar refractivity (Wildman–Crippen MR) is 16.8 cm³/mol. The van der Waals surface area contributed by atoms with Gasteiger partial charge in [-0.05, 0) is 0 Å². The molecule has 0 unspecified atom stereocenters. The first kappa shape index (κ1) is 22.5. The molecule has 0 aliphatic heterocycles. The first-order chi connectivity index (χ1) is 1.73. The van der Waals surface area contributed by atoms with Crippen molar-refractivity contribution in [3.8, 4) is 0 Å². The summed E-state index contributed by atoms with van der Waals surface area (Å²) >= 11 is 0. The van der Waals surface area contributed by atoms with Gasteiger partial charge < -0.3 is 14.1 Å². The minimum absolute atomic E-state index is 0. The van der Waals surface area contributed by atoms with Gasteiger partial charge >= 0.3 is 103 Å². The first-order valence-corrected chi connectivity index (χ1v) is 1.84. The van der Waals surface area contributed by atoms with E-state index in [2.05, 4.69) is 0 Å². The number of hydrogen-bond donors (Lipinski definition) is 0. The van der Waals surface area contributed by atoms with Gasteiger partial charge in [-0.3, -0.25) is 0 Å². The molecular weight excluding hydrogens is 186 g/mol. The van der Waals surface area contributed by atoms with Crippen LogP contribution >= 0.6 is 13.5 Å². The van der Waals surface area contributed by atoms with Crippen LogP contribution in [0.4, 0.5) is 0 Å². The van der Waals surface area contributed by atoms with E-state index < -0.39 is 9.17 Å². The van der Waals surface area contributed by atoms with E-state index in [1.165, 1.54) is 0 Å². The van der Waals surface area contributed by atoms with Crippen LogP contribution < -0.4 is 112 Å². The Labute approximate surface area is 135 Å². The Kier molecular flexibility index (Phi) is 51.7. The number of rotatable bonds is 0. The molecule has 0 amide bonds. The van der Waals surface area contributed by atoms with Crippen LogP contribution in [-0.2, 0) is 4.46 Å². The molecule has 7 heteroatoms. The first-order valence-electron chi connectivity index (χ1n) is 0.612. The van der Waals surface area contributed by atoms with Gasteiger partial charge in [0.2, 0.25) is 0 Å². The van der Waals surface area contributed by atoms with Crippen molar-refractivity contribution < 1.29 is 117 Å². The normalized spacial score (nSPS) is 3.43. The monoisotopic (exact) mass is 188 g/mol. The molecule has 0 fully saturated rings. The van der Waals surface area contributed by atoms with Gasteiger partial charge in [-0.15, -0.1) is 0 Å². The topological polar surface area (TPSA) is 63.2 Å². The Balaban J connectivity index is -0.0000000150. The molecule has 0 saturated heterocycles. The van der Waals surface area contributed by atoms with Gasteiger partial charge in [0.1, 0.15) is 0 Å². The van der Waals surface area contributed by atoms with Crippen LogP contribution in [0.25, 0.3) is 0 Å². The van der Waals surface area contributed by atoms with E-state index in [4.69, 9.17) is 14.1 Å². The molecule has 0 atom stereocenters. The fourth-order valence-corrected chi connectivity index (χ4v) is 0. The Morgan fingerprint density at radius 3 is 1.14 bits per heavy atom. The van der Waals surface area contributed by atoms with Crippen LogP contribution in [0.2, 0.25) is 0 Å². The van der Waals surface area contributed by atoms with Gasteiger partial charge in [-0.25, -0.2) is 0 Å². The maximum atomic E-state index is 8.52. The smallest absolute Gasteiger partial charge is 0.672 e. The summed E-state index contributed by atoms with van der Waals surface area (Å²) in [6.45, 7) is 0. The standard InChI is InChI=1S/2K.O3Si.H2S/c;;1-4(2)3;/h;;;1H2/q2*+1;-2;. The van der Waals surface area contributed by atoms with Gasteiger partial charge in [0.25, 0.3) is 0 Å². The van der Waals surface area contributed by atoms with E-state index in [-0.39, 0.29) is 116 Å². The molecule has 0 aromatic rings. The SMILES string of the molecule is O=[Si]([O-])[O-].S.[K+].[K+]. The fourth-order valence-electron chi connectivity index (χ4n) is 0. The Morgan fingerprint density at radius 2 is 1.14 bits per heavy atom. The average molecular weight is 188 g/mol. The molecule has 0 saturated carbocycles. The van der Waals surface area contributed by atoms with E-state index in [0.29, 0.717) is 0 Å². The molecule has 0 bridgehead atoms. The summed E-state index contributed by atoms with van der Waals surface area (Å²) in [6.07, 6.45) is 0. The summed E-state index contributed by atoms with van der Waals surface area (Å²) in [5.41, 5.74) is 0. The summed E-state index contributed by atoms with van der Waals surface area (Å²) in [4.78, 5) is 17.0. The van der Waals surface area contributed by atoms with Crippen molar-refractivity contribution in [2.75, 3.05) is 0 Å². The molecule has 0 aromatic carbocycles. The Bertz CT molecular complexity index is 35.9. The Hall–Kier alpha value is 3.24. The summed E-state index contributed by atoms with van der Waals surface area (Å²) in [5.74, 6) is 0. The molecule has 0 aromatic heterocycles. The fraction of sp³-hybridized carbons (Fsp3) is 0. The van der Waals surface area contributed by atoms with E-state index in [0.717, 1.165) is 0 Å². The molecule has 3 nitrogen and oxygen atoms in total. The summed E-state index contributed by atoms with van der Waals surface area (Å²) < 4.78 is 8.52. The molecule has 0 spiro atoms. The third kappa shape index (κ3) is 46.1. The summed E-state index contributed by atoms with van der Waals surface area (Å²) in [6, 6.07) is 0. The van der Waals surface area contributed by atoms with E-state index in [9.17, 15) is 0 Å². The third-order valence-electron chi connectivity index (χ3n) is 0. The van der Waals surface area contributed by atoms with Crippen molar-refractivity contribution in [3.63, 3.8) is 0 Å². The van der Waals surface area contributed by atoms with Gasteiger partial charge in [-0.2, -0.15) is 13.5 Å². The zero-order valence-electron chi connectivity index (χ0n) is 4.22. The molecule has 0 aliphatic rings. The van der Waals surface area contributed by atoms with Crippen LogP contribution in [0.5, 0.6) is 0 Å². The van der Waals surface area contributed by atoms with Crippen LogP contribution in [0, 0.1) is 0 Å². The van der Waals surface area contributed by atoms with Crippen molar-refractivity contribution in [3.05, 3.63) is 0 Å². The summed E-state index contributed by atoms with van der Waals surface area (Å²) in [5, 5.41) is 0. The second-order valence-electron chi connectivity index (χ2n) is 0.250. The predicted octanol–water partition coefficient (Wildman–Crippen LogP) is -8.76. The number of hydrogen-bond acceptors (Lipinski definition) is 3. The largest absolute Gasteiger partial charge is 1.00 e. The second-order valence-corrected chi connectivity index (χ2v) is 0.750. The summed E-state index contributed by atoms with van der Waals surface area (Å²) in [7, 11) is -3.63. The second kappa shape index (κ2) is 16.1. The average Bonchev–Trinajstić information content (AvgIpc) is 0.811. The van der Waals surface area contributed by atoms with E-state index in [1.807, 2.05) is 0 Å². The van der Waals surface area contributed by atoms with Crippen molar-refractivity contribution in [1.29, 1.82) is 0 Å². The van der Waals surface area contributed by atoms with Gasteiger partial charge in [-0.1, -0.05) is 0 Å². The van der Waals surface area contributed by atoms with E-state index in [1.54, 1.807) is 0 Å². The molecule has 7 heavy (non-hydrogen) atoms. The quantitative estimate of drug-likeness (QED) is 0.355. The van der Waals surface area contributed by atoms with Gasteiger partial charge in [0.05, 0.1) is 0 Å². The maximum Gasteiger partial charge on any atom is 1.00 e. The van der Waals surface area contributed by atoms with Gasteiger partial charge in [0, 0.05) is 9.17 Å². The third-order valence-corrected chi connectivity index (χ3v) is 0. The zero-order chi connectivity index (χ0) is 3.58. The van der Waals surface area contributed by atoms with Crippen LogP contribution in [0.15, 0.2) is 0 Å². The molecule has 0 rings (SSSR count). The minimum atomic E-state index is -3.63. The van der Waals surface area contributed by atoms with Crippen molar-refractivity contribution >= 4 is 22.7 Å². The molecule has 32 valence electrons. The molecule has 0 N–H and O–H groups in total. The maximum absolute atomic E-state index is 8.52. The molecule has 0 radical (unpaired) electrons. The zero-order valence-corrected chi connectivity index (χ0v) is 12.5. The van der Waals surface area contributed by atoms with Crippen LogP contribution in [-0.4, -0.2) is 9.17 Å². The molecular formula is H2K2O3SSi. The van der Waals surface area contributed by atoms with E-state index >= 15 is 0 Å². The van der Waals surface area contributed by atoms with Crippen molar-refractivity contribution in [1.82, 2.24) is 0 Å². The van der Waals surface area contributed by atoms with Crippen molar-refractivity contribution in [2.45, 2.75) is 0 Å². The minimum Gasteiger partial charge on any atom is -0.672 e. The molecule has 0 aliphatic carbocycles. The van der Waals surface area contributed by atoms with Crippen molar-refractivity contribution in [2.24, 2.45) is 0 Å². The van der Waals surface area contributed by atoms with Crippen LogP contribution in [0.3, 0.4) is 0 Å².